The number of nitrogens with one attached hydrogen (secondary N) is 1. The van der Waals surface area contributed by atoms with E-state index in [0.717, 1.165) is 16.8 Å². The normalized spacial score (nSPS) is 11.7. The van der Waals surface area contributed by atoms with Crippen LogP contribution in [0.5, 0.6) is 0 Å². The van der Waals surface area contributed by atoms with Crippen molar-refractivity contribution in [2.24, 2.45) is 5.73 Å². The molecule has 0 saturated carbocycles. The van der Waals surface area contributed by atoms with Gasteiger partial charge in [-0.2, -0.15) is 0 Å². The molecule has 1 atom stereocenters. The largest absolute Gasteiger partial charge is 0.322 e. The average molecular weight is 303 g/mol. The van der Waals surface area contributed by atoms with Gasteiger partial charge in [-0.15, -0.1) is 0 Å². The lowest BCUT2D eigenvalue weighted by Crippen LogP contribution is -2.14. The molecule has 1 aromatic heterocycles. The van der Waals surface area contributed by atoms with Gasteiger partial charge in [0.25, 0.3) is 5.91 Å². The maximum Gasteiger partial charge on any atom is 0.255 e. The van der Waals surface area contributed by atoms with E-state index in [0.29, 0.717) is 5.56 Å². The SMILES string of the molecule is NC(c1ccccc1)c1ccc(C(=O)Nc2ccncc2)cc1. The summed E-state index contributed by atoms with van der Waals surface area (Å²) in [5.74, 6) is -0.156. The molecule has 0 bridgehead atoms. The van der Waals surface area contributed by atoms with Crippen LogP contribution in [-0.4, -0.2) is 10.9 Å². The summed E-state index contributed by atoms with van der Waals surface area (Å²) in [6.07, 6.45) is 3.27. The molecule has 0 radical (unpaired) electrons. The zero-order valence-corrected chi connectivity index (χ0v) is 12.5. The smallest absolute Gasteiger partial charge is 0.255 e. The van der Waals surface area contributed by atoms with Crippen LogP contribution in [0.4, 0.5) is 5.69 Å². The first-order chi connectivity index (χ1) is 11.2. The number of nitrogens with zero attached hydrogens (tertiary/aromatic N) is 1. The number of nitrogens with two attached hydrogens (primary N) is 1. The second-order valence-corrected chi connectivity index (χ2v) is 5.20. The second-order valence-electron chi connectivity index (χ2n) is 5.20. The van der Waals surface area contributed by atoms with Crippen LogP contribution in [-0.2, 0) is 0 Å². The van der Waals surface area contributed by atoms with E-state index in [-0.39, 0.29) is 11.9 Å². The number of rotatable bonds is 4. The Morgan fingerprint density at radius 3 is 2.13 bits per heavy atom. The molecule has 0 aliphatic rings. The van der Waals surface area contributed by atoms with E-state index in [1.54, 1.807) is 36.7 Å². The molecule has 1 amide bonds. The van der Waals surface area contributed by atoms with Crippen LogP contribution in [0.15, 0.2) is 79.1 Å². The lowest BCUT2D eigenvalue weighted by molar-refractivity contribution is 0.102. The zero-order valence-electron chi connectivity index (χ0n) is 12.5. The van der Waals surface area contributed by atoms with Crippen LogP contribution in [0.25, 0.3) is 0 Å². The van der Waals surface area contributed by atoms with Crippen molar-refractivity contribution in [2.45, 2.75) is 6.04 Å². The lowest BCUT2D eigenvalue weighted by Gasteiger charge is -2.13. The van der Waals surface area contributed by atoms with Gasteiger partial charge in [-0.25, -0.2) is 0 Å². The van der Waals surface area contributed by atoms with Gasteiger partial charge in [0.15, 0.2) is 0 Å². The molecule has 1 heterocycles. The van der Waals surface area contributed by atoms with Gasteiger partial charge in [0.05, 0.1) is 6.04 Å². The van der Waals surface area contributed by atoms with Crippen molar-refractivity contribution in [1.29, 1.82) is 0 Å². The molecule has 3 rings (SSSR count). The van der Waals surface area contributed by atoms with Gasteiger partial charge in [-0.1, -0.05) is 42.5 Å². The van der Waals surface area contributed by atoms with Crippen LogP contribution in [0.3, 0.4) is 0 Å². The van der Waals surface area contributed by atoms with E-state index in [1.807, 2.05) is 42.5 Å². The average Bonchev–Trinajstić information content (AvgIpc) is 2.63. The minimum atomic E-state index is -0.200. The number of carbonyl (C=O) groups excluding carboxylic acids is 1. The first kappa shape index (κ1) is 14.9. The highest BCUT2D eigenvalue weighted by Crippen LogP contribution is 2.20. The fourth-order valence-corrected chi connectivity index (χ4v) is 2.33. The number of hydrogen-bond acceptors (Lipinski definition) is 3. The molecular formula is C19H17N3O. The highest BCUT2D eigenvalue weighted by molar-refractivity contribution is 6.04. The quantitative estimate of drug-likeness (QED) is 0.776. The summed E-state index contributed by atoms with van der Waals surface area (Å²) < 4.78 is 0. The van der Waals surface area contributed by atoms with Crippen molar-refractivity contribution in [1.82, 2.24) is 4.98 Å². The van der Waals surface area contributed by atoms with Crippen molar-refractivity contribution in [3.63, 3.8) is 0 Å². The standard InChI is InChI=1S/C19H17N3O/c20-18(14-4-2-1-3-5-14)15-6-8-16(9-7-15)19(23)22-17-10-12-21-13-11-17/h1-13,18H,20H2,(H,21,22,23). The number of anilines is 1. The predicted octanol–water partition coefficient (Wildman–Crippen LogP) is 3.38. The van der Waals surface area contributed by atoms with Gasteiger partial charge in [-0.3, -0.25) is 9.78 Å². The molecule has 4 nitrogen and oxygen atoms in total. The summed E-state index contributed by atoms with van der Waals surface area (Å²) in [5, 5.41) is 2.83. The molecule has 1 unspecified atom stereocenters. The van der Waals surface area contributed by atoms with E-state index in [4.69, 9.17) is 5.73 Å². The van der Waals surface area contributed by atoms with Gasteiger partial charge in [0, 0.05) is 23.6 Å². The maximum atomic E-state index is 12.2. The number of pyridine rings is 1. The number of benzene rings is 2. The van der Waals surface area contributed by atoms with Crippen LogP contribution in [0.1, 0.15) is 27.5 Å². The first-order valence-corrected chi connectivity index (χ1v) is 7.36. The fraction of sp³-hybridized carbons (Fsp3) is 0.0526. The summed E-state index contributed by atoms with van der Waals surface area (Å²) in [6, 6.07) is 20.5. The van der Waals surface area contributed by atoms with Crippen molar-refractivity contribution in [3.8, 4) is 0 Å². The Balaban J connectivity index is 1.73. The number of carbonyl (C=O) groups is 1. The Bertz CT molecular complexity index is 771. The summed E-state index contributed by atoms with van der Waals surface area (Å²) in [7, 11) is 0. The molecule has 0 fully saturated rings. The minimum Gasteiger partial charge on any atom is -0.322 e. The van der Waals surface area contributed by atoms with Crippen LogP contribution in [0.2, 0.25) is 0 Å². The molecule has 0 spiro atoms. The Morgan fingerprint density at radius 2 is 1.48 bits per heavy atom. The third kappa shape index (κ3) is 3.62. The number of aromatic nitrogens is 1. The molecule has 3 N–H and O–H groups in total. The van der Waals surface area contributed by atoms with E-state index >= 15 is 0 Å². The number of amides is 1. The van der Waals surface area contributed by atoms with Gasteiger partial charge >= 0.3 is 0 Å². The molecule has 23 heavy (non-hydrogen) atoms. The molecular weight excluding hydrogens is 286 g/mol. The monoisotopic (exact) mass is 303 g/mol. The minimum absolute atomic E-state index is 0.156. The van der Waals surface area contributed by atoms with Gasteiger partial charge in [0.2, 0.25) is 0 Å². The molecule has 4 heteroatoms. The van der Waals surface area contributed by atoms with Crippen molar-refractivity contribution in [2.75, 3.05) is 5.32 Å². The van der Waals surface area contributed by atoms with E-state index < -0.39 is 0 Å². The highest BCUT2D eigenvalue weighted by Gasteiger charge is 2.10. The molecule has 0 aliphatic carbocycles. The van der Waals surface area contributed by atoms with E-state index in [9.17, 15) is 4.79 Å². The Hall–Kier alpha value is -2.98. The topological polar surface area (TPSA) is 68.0 Å². The molecule has 2 aromatic carbocycles. The van der Waals surface area contributed by atoms with Crippen molar-refractivity contribution >= 4 is 11.6 Å². The van der Waals surface area contributed by atoms with Gasteiger partial charge in [0.1, 0.15) is 0 Å². The molecule has 0 aliphatic heterocycles. The first-order valence-electron chi connectivity index (χ1n) is 7.36. The summed E-state index contributed by atoms with van der Waals surface area (Å²) >= 11 is 0. The van der Waals surface area contributed by atoms with Crippen molar-refractivity contribution < 1.29 is 4.79 Å². The molecule has 3 aromatic rings. The van der Waals surface area contributed by atoms with Gasteiger partial charge < -0.3 is 11.1 Å². The lowest BCUT2D eigenvalue weighted by atomic mass is 9.98. The molecule has 0 saturated heterocycles. The second kappa shape index (κ2) is 6.85. The molecule has 114 valence electrons. The third-order valence-electron chi connectivity index (χ3n) is 3.63. The fourth-order valence-electron chi connectivity index (χ4n) is 2.33. The summed E-state index contributed by atoms with van der Waals surface area (Å²) in [4.78, 5) is 16.1. The van der Waals surface area contributed by atoms with E-state index in [1.165, 1.54) is 0 Å². The summed E-state index contributed by atoms with van der Waals surface area (Å²) in [6.45, 7) is 0. The Labute approximate surface area is 135 Å². The highest BCUT2D eigenvalue weighted by atomic mass is 16.1. The number of hydrogen-bond donors (Lipinski definition) is 2. The van der Waals surface area contributed by atoms with Crippen LogP contribution in [0, 0.1) is 0 Å². The Kier molecular flexibility index (Phi) is 4.45. The zero-order chi connectivity index (χ0) is 16.1. The van der Waals surface area contributed by atoms with Crippen LogP contribution >= 0.6 is 0 Å². The van der Waals surface area contributed by atoms with Crippen LogP contribution < -0.4 is 11.1 Å². The summed E-state index contributed by atoms with van der Waals surface area (Å²) in [5.41, 5.74) is 9.58. The maximum absolute atomic E-state index is 12.2. The third-order valence-corrected chi connectivity index (χ3v) is 3.63. The Morgan fingerprint density at radius 1 is 0.870 bits per heavy atom. The van der Waals surface area contributed by atoms with E-state index in [2.05, 4.69) is 10.3 Å². The van der Waals surface area contributed by atoms with Crippen molar-refractivity contribution in [3.05, 3.63) is 95.8 Å². The predicted molar refractivity (Wildman–Crippen MR) is 91.1 cm³/mol. The van der Waals surface area contributed by atoms with Gasteiger partial charge in [-0.05, 0) is 35.4 Å².